The topological polar surface area (TPSA) is 271 Å². The van der Waals surface area contributed by atoms with Crippen LogP contribution in [0.3, 0.4) is 0 Å². The van der Waals surface area contributed by atoms with Gasteiger partial charge in [0.05, 0.1) is 31.6 Å². The maximum absolute atomic E-state index is 12.4. The molecule has 0 aliphatic carbocycles. The van der Waals surface area contributed by atoms with Crippen LogP contribution < -0.4 is 27.4 Å². The first-order valence-electron chi connectivity index (χ1n) is 8.48. The summed E-state index contributed by atoms with van der Waals surface area (Å²) >= 11 is 0. The van der Waals surface area contributed by atoms with Crippen LogP contribution in [-0.4, -0.2) is 92.9 Å². The van der Waals surface area contributed by atoms with E-state index in [-0.39, 0.29) is 0 Å². The number of hydrogen-bond acceptors (Lipinski definition) is 9. The molecule has 0 aromatic heterocycles. The van der Waals surface area contributed by atoms with Gasteiger partial charge in [-0.1, -0.05) is 0 Å². The van der Waals surface area contributed by atoms with Crippen molar-refractivity contribution in [2.45, 2.75) is 50.0 Å². The van der Waals surface area contributed by atoms with Crippen LogP contribution in [-0.2, 0) is 28.8 Å². The Hall–Kier alpha value is -3.30. The van der Waals surface area contributed by atoms with Gasteiger partial charge < -0.3 is 47.8 Å². The highest BCUT2D eigenvalue weighted by Gasteiger charge is 2.33. The average Bonchev–Trinajstić information content (AvgIpc) is 2.61. The first-order valence-corrected chi connectivity index (χ1v) is 8.48. The Balaban J connectivity index is 5.37. The third-order valence-corrected chi connectivity index (χ3v) is 3.63. The van der Waals surface area contributed by atoms with Crippen molar-refractivity contribution in [3.05, 3.63) is 0 Å². The molecule has 0 aromatic rings. The number of carbonyl (C=O) groups is 6. The molecule has 0 spiro atoms. The molecule has 11 N–H and O–H groups in total. The largest absolute Gasteiger partial charge is 0.481 e. The van der Waals surface area contributed by atoms with E-state index >= 15 is 0 Å². The van der Waals surface area contributed by atoms with E-state index in [1.807, 2.05) is 16.0 Å². The van der Waals surface area contributed by atoms with Crippen molar-refractivity contribution in [3.63, 3.8) is 0 Å². The van der Waals surface area contributed by atoms with Gasteiger partial charge in [-0.15, -0.1) is 0 Å². The second kappa shape index (κ2) is 12.3. The standard InChI is InChI=1S/C15H25N5O10/c1-5(22)11(20-12(26)6(16)2-10(24)25)14(28)18-7(3-9(17)23)13(27)19-8(4-21)15(29)30/h5-8,11,21-22H,2-4,16H2,1H3,(H2,17,23)(H,18,28)(H,19,27)(H,20,26)(H,24,25)(H,29,30). The SMILES string of the molecule is CC(O)C(NC(=O)C(N)CC(=O)O)C(=O)NC(CC(N)=O)C(=O)NC(CO)C(=O)O. The predicted molar refractivity (Wildman–Crippen MR) is 96.2 cm³/mol. The normalized spacial score (nSPS) is 15.6. The molecule has 5 unspecified atom stereocenters. The van der Waals surface area contributed by atoms with Crippen molar-refractivity contribution in [1.82, 2.24) is 16.0 Å². The van der Waals surface area contributed by atoms with Crippen molar-refractivity contribution in [3.8, 4) is 0 Å². The summed E-state index contributed by atoms with van der Waals surface area (Å²) in [6.07, 6.45) is -3.06. The zero-order valence-electron chi connectivity index (χ0n) is 15.9. The molecule has 170 valence electrons. The Bertz CT molecular complexity index is 683. The van der Waals surface area contributed by atoms with Crippen LogP contribution in [0.5, 0.6) is 0 Å². The summed E-state index contributed by atoms with van der Waals surface area (Å²) in [7, 11) is 0. The van der Waals surface area contributed by atoms with Gasteiger partial charge in [0.1, 0.15) is 18.1 Å². The van der Waals surface area contributed by atoms with Gasteiger partial charge >= 0.3 is 11.9 Å². The molecule has 0 saturated heterocycles. The molecule has 30 heavy (non-hydrogen) atoms. The van der Waals surface area contributed by atoms with E-state index in [0.29, 0.717) is 0 Å². The number of primary amides is 1. The van der Waals surface area contributed by atoms with E-state index in [2.05, 4.69) is 0 Å². The van der Waals surface area contributed by atoms with Gasteiger partial charge in [-0.2, -0.15) is 0 Å². The molecule has 0 heterocycles. The zero-order chi connectivity index (χ0) is 23.6. The summed E-state index contributed by atoms with van der Waals surface area (Å²) in [6.45, 7) is 0.120. The highest BCUT2D eigenvalue weighted by Crippen LogP contribution is 2.01. The fraction of sp³-hybridized carbons (Fsp3) is 0.600. The molecule has 0 saturated carbocycles. The molecule has 0 rings (SSSR count). The maximum atomic E-state index is 12.4. The number of nitrogens with one attached hydrogen (secondary N) is 3. The first kappa shape index (κ1) is 26.7. The van der Waals surface area contributed by atoms with E-state index in [0.717, 1.165) is 6.92 Å². The predicted octanol–water partition coefficient (Wildman–Crippen LogP) is -5.42. The lowest BCUT2D eigenvalue weighted by Gasteiger charge is -2.25. The lowest BCUT2D eigenvalue weighted by molar-refractivity contribution is -0.143. The molecule has 4 amide bonds. The van der Waals surface area contributed by atoms with Gasteiger partial charge in [0, 0.05) is 0 Å². The Morgan fingerprint density at radius 1 is 0.867 bits per heavy atom. The quantitative estimate of drug-likeness (QED) is 0.132. The van der Waals surface area contributed by atoms with Gasteiger partial charge in [-0.05, 0) is 6.92 Å². The van der Waals surface area contributed by atoms with Crippen LogP contribution in [0, 0.1) is 0 Å². The van der Waals surface area contributed by atoms with Crippen LogP contribution in [0.15, 0.2) is 0 Å². The number of nitrogens with two attached hydrogens (primary N) is 2. The van der Waals surface area contributed by atoms with Crippen molar-refractivity contribution >= 4 is 35.6 Å². The summed E-state index contributed by atoms with van der Waals surface area (Å²) in [5.74, 6) is -7.45. The summed E-state index contributed by atoms with van der Waals surface area (Å²) in [4.78, 5) is 69.2. The Morgan fingerprint density at radius 2 is 1.40 bits per heavy atom. The van der Waals surface area contributed by atoms with Crippen LogP contribution in [0.4, 0.5) is 0 Å². The van der Waals surface area contributed by atoms with E-state index in [9.17, 15) is 33.9 Å². The number of rotatable bonds is 13. The van der Waals surface area contributed by atoms with Gasteiger partial charge in [0.25, 0.3) is 0 Å². The second-order valence-electron chi connectivity index (χ2n) is 6.24. The van der Waals surface area contributed by atoms with E-state index in [1.54, 1.807) is 0 Å². The van der Waals surface area contributed by atoms with E-state index < -0.39 is 85.3 Å². The lowest BCUT2D eigenvalue weighted by Crippen LogP contribution is -2.60. The number of hydrogen-bond donors (Lipinski definition) is 9. The van der Waals surface area contributed by atoms with Gasteiger partial charge in [-0.25, -0.2) is 4.79 Å². The number of aliphatic carboxylic acids is 2. The Morgan fingerprint density at radius 3 is 1.80 bits per heavy atom. The molecule has 0 bridgehead atoms. The average molecular weight is 435 g/mol. The number of aliphatic hydroxyl groups excluding tert-OH is 2. The third kappa shape index (κ3) is 9.26. The smallest absolute Gasteiger partial charge is 0.328 e. The van der Waals surface area contributed by atoms with Crippen LogP contribution in [0.1, 0.15) is 19.8 Å². The number of amides is 4. The summed E-state index contributed by atoms with van der Waals surface area (Å²) in [6, 6.07) is -6.67. The molecule has 15 nitrogen and oxygen atoms in total. The Labute approximate surface area is 169 Å². The van der Waals surface area contributed by atoms with Crippen LogP contribution in [0.25, 0.3) is 0 Å². The second-order valence-corrected chi connectivity index (χ2v) is 6.24. The monoisotopic (exact) mass is 435 g/mol. The summed E-state index contributed by atoms with van der Waals surface area (Å²) in [5, 5.41) is 42.1. The summed E-state index contributed by atoms with van der Waals surface area (Å²) in [5.41, 5.74) is 10.4. The van der Waals surface area contributed by atoms with Crippen LogP contribution in [0.2, 0.25) is 0 Å². The lowest BCUT2D eigenvalue weighted by atomic mass is 10.1. The minimum absolute atomic E-state index is 0.759. The number of carbonyl (C=O) groups excluding carboxylic acids is 4. The van der Waals surface area contributed by atoms with Gasteiger partial charge in [0.2, 0.25) is 23.6 Å². The highest BCUT2D eigenvalue weighted by atomic mass is 16.4. The number of carboxylic acid groups (broad SMARTS) is 2. The minimum Gasteiger partial charge on any atom is -0.481 e. The van der Waals surface area contributed by atoms with Crippen molar-refractivity contribution < 1.29 is 49.2 Å². The molecular weight excluding hydrogens is 410 g/mol. The number of carboxylic acids is 2. The Kier molecular flexibility index (Phi) is 10.9. The molecule has 15 heteroatoms. The fourth-order valence-electron chi connectivity index (χ4n) is 2.08. The molecule has 0 aliphatic heterocycles. The molecule has 0 aliphatic rings. The maximum Gasteiger partial charge on any atom is 0.328 e. The minimum atomic E-state index is -1.73. The van der Waals surface area contributed by atoms with Crippen molar-refractivity contribution in [1.29, 1.82) is 0 Å². The molecule has 0 radical (unpaired) electrons. The van der Waals surface area contributed by atoms with Gasteiger partial charge in [-0.3, -0.25) is 24.0 Å². The fourth-order valence-corrected chi connectivity index (χ4v) is 2.08. The van der Waals surface area contributed by atoms with Crippen LogP contribution >= 0.6 is 0 Å². The molecule has 0 fully saturated rings. The first-order chi connectivity index (χ1) is 13.8. The molecule has 5 atom stereocenters. The highest BCUT2D eigenvalue weighted by molar-refractivity contribution is 5.96. The van der Waals surface area contributed by atoms with Crippen molar-refractivity contribution in [2.75, 3.05) is 6.61 Å². The van der Waals surface area contributed by atoms with Crippen molar-refractivity contribution in [2.24, 2.45) is 11.5 Å². The number of aliphatic hydroxyl groups is 2. The van der Waals surface area contributed by atoms with E-state index in [4.69, 9.17) is 26.8 Å². The molecular formula is C15H25N5O10. The molecule has 0 aromatic carbocycles. The van der Waals surface area contributed by atoms with Gasteiger partial charge in [0.15, 0.2) is 0 Å². The zero-order valence-corrected chi connectivity index (χ0v) is 15.9. The summed E-state index contributed by atoms with van der Waals surface area (Å²) < 4.78 is 0. The third-order valence-electron chi connectivity index (χ3n) is 3.63. The van der Waals surface area contributed by atoms with E-state index in [1.165, 1.54) is 0 Å².